The SMILES string of the molecule is CC.CNCCCCC1CN(CC(=O)O)CCN(CC(=O)O)CCN(CC(=O)O)CCN1CC(=O)O. The van der Waals surface area contributed by atoms with Crippen molar-refractivity contribution in [2.75, 3.05) is 85.6 Å². The molecule has 0 amide bonds. The summed E-state index contributed by atoms with van der Waals surface area (Å²) in [6.45, 7) is 5.98. The molecule has 0 aliphatic carbocycles. The van der Waals surface area contributed by atoms with Crippen LogP contribution in [0.2, 0.25) is 0 Å². The van der Waals surface area contributed by atoms with E-state index in [0.29, 0.717) is 52.2 Å². The number of aliphatic carboxylic acids is 4. The van der Waals surface area contributed by atoms with Crippen LogP contribution >= 0.6 is 0 Å². The van der Waals surface area contributed by atoms with Crippen LogP contribution in [0.3, 0.4) is 0 Å². The van der Waals surface area contributed by atoms with Gasteiger partial charge in [-0.05, 0) is 26.4 Å². The molecule has 1 unspecified atom stereocenters. The van der Waals surface area contributed by atoms with Crippen LogP contribution in [0.4, 0.5) is 0 Å². The molecule has 0 aromatic rings. The first-order chi connectivity index (χ1) is 17.1. The number of carboxylic acids is 4. The second-order valence-corrected chi connectivity index (χ2v) is 8.59. The van der Waals surface area contributed by atoms with E-state index in [4.69, 9.17) is 0 Å². The molecule has 36 heavy (non-hydrogen) atoms. The number of nitrogens with one attached hydrogen (secondary N) is 1. The number of carbonyl (C=O) groups is 4. The molecule has 1 aliphatic rings. The number of carboxylic acid groups (broad SMARTS) is 4. The lowest BCUT2D eigenvalue weighted by atomic mass is 10.1. The van der Waals surface area contributed by atoms with E-state index in [1.807, 2.05) is 20.9 Å². The standard InChI is InChI=1S/C21H39N5O8.C2H6/c1-22-5-3-2-4-17-12-25(15-20(31)32)9-8-23(13-18(27)28)6-7-24(14-19(29)30)10-11-26(17)16-21(33)34;1-2/h17,22H,2-16H2,1H3,(H,27,28)(H,29,30)(H,31,32)(H,33,34);1-2H3. The lowest BCUT2D eigenvalue weighted by molar-refractivity contribution is -0.142. The Kier molecular flexibility index (Phi) is 18.5. The van der Waals surface area contributed by atoms with Crippen LogP contribution in [0.25, 0.3) is 0 Å². The number of rotatable bonds is 13. The molecule has 1 fully saturated rings. The lowest BCUT2D eigenvalue weighted by Gasteiger charge is -2.37. The number of hydrogen-bond donors (Lipinski definition) is 5. The normalized spacial score (nSPS) is 19.4. The first kappa shape index (κ1) is 33.7. The molecular formula is C23H45N5O8. The molecule has 0 aromatic heterocycles. The van der Waals surface area contributed by atoms with E-state index in [1.54, 1.807) is 19.6 Å². The molecular weight excluding hydrogens is 474 g/mol. The molecule has 1 saturated heterocycles. The van der Waals surface area contributed by atoms with Gasteiger partial charge in [0.1, 0.15) is 0 Å². The Hall–Kier alpha value is -2.32. The molecule has 0 radical (unpaired) electrons. The highest BCUT2D eigenvalue weighted by atomic mass is 16.4. The Morgan fingerprint density at radius 3 is 1.53 bits per heavy atom. The maximum atomic E-state index is 11.6. The molecule has 1 heterocycles. The molecule has 1 atom stereocenters. The first-order valence-electron chi connectivity index (χ1n) is 12.5. The van der Waals surface area contributed by atoms with Crippen molar-refractivity contribution in [3.05, 3.63) is 0 Å². The zero-order chi connectivity index (χ0) is 27.5. The smallest absolute Gasteiger partial charge is 0.317 e. The summed E-state index contributed by atoms with van der Waals surface area (Å²) in [7, 11) is 1.85. The highest BCUT2D eigenvalue weighted by Gasteiger charge is 2.26. The monoisotopic (exact) mass is 519 g/mol. The summed E-state index contributed by atoms with van der Waals surface area (Å²) in [5.41, 5.74) is 0. The Balaban J connectivity index is 0.00000596. The van der Waals surface area contributed by atoms with Gasteiger partial charge in [-0.2, -0.15) is 0 Å². The topological polar surface area (TPSA) is 174 Å². The first-order valence-corrected chi connectivity index (χ1v) is 12.5. The predicted molar refractivity (Wildman–Crippen MR) is 134 cm³/mol. The second kappa shape index (κ2) is 19.8. The fourth-order valence-corrected chi connectivity index (χ4v) is 4.12. The maximum Gasteiger partial charge on any atom is 0.317 e. The third-order valence-electron chi connectivity index (χ3n) is 5.78. The number of unbranched alkanes of at least 4 members (excludes halogenated alkanes) is 1. The van der Waals surface area contributed by atoms with Gasteiger partial charge in [0, 0.05) is 51.9 Å². The van der Waals surface area contributed by atoms with Gasteiger partial charge in [0.2, 0.25) is 0 Å². The summed E-state index contributed by atoms with van der Waals surface area (Å²) in [5.74, 6) is -4.05. The summed E-state index contributed by atoms with van der Waals surface area (Å²) in [5, 5.41) is 40.5. The Labute approximate surface area is 213 Å². The van der Waals surface area contributed by atoms with Crippen LogP contribution in [-0.4, -0.2) is 156 Å². The third-order valence-corrected chi connectivity index (χ3v) is 5.78. The van der Waals surface area contributed by atoms with Crippen molar-refractivity contribution < 1.29 is 39.6 Å². The summed E-state index contributed by atoms with van der Waals surface area (Å²) >= 11 is 0. The molecule has 1 rings (SSSR count). The summed E-state index contributed by atoms with van der Waals surface area (Å²) in [6, 6.07) is -0.244. The molecule has 0 saturated carbocycles. The minimum Gasteiger partial charge on any atom is -0.480 e. The van der Waals surface area contributed by atoms with Gasteiger partial charge in [-0.15, -0.1) is 0 Å². The van der Waals surface area contributed by atoms with Crippen LogP contribution in [0.1, 0.15) is 33.1 Å². The fourth-order valence-electron chi connectivity index (χ4n) is 4.12. The Morgan fingerprint density at radius 2 is 1.08 bits per heavy atom. The minimum absolute atomic E-state index is 0.232. The van der Waals surface area contributed by atoms with Gasteiger partial charge >= 0.3 is 23.9 Å². The molecule has 0 bridgehead atoms. The van der Waals surface area contributed by atoms with E-state index >= 15 is 0 Å². The highest BCUT2D eigenvalue weighted by Crippen LogP contribution is 2.13. The number of nitrogens with zero attached hydrogens (tertiary/aromatic N) is 4. The van der Waals surface area contributed by atoms with E-state index in [0.717, 1.165) is 19.4 Å². The van der Waals surface area contributed by atoms with E-state index < -0.39 is 23.9 Å². The molecule has 1 aliphatic heterocycles. The summed E-state index contributed by atoms with van der Waals surface area (Å²) in [6.07, 6.45) is 2.35. The van der Waals surface area contributed by atoms with Gasteiger partial charge < -0.3 is 25.7 Å². The summed E-state index contributed by atoms with van der Waals surface area (Å²) in [4.78, 5) is 52.6. The zero-order valence-corrected chi connectivity index (χ0v) is 21.9. The molecule has 0 spiro atoms. The fraction of sp³-hybridized carbons (Fsp3) is 0.826. The van der Waals surface area contributed by atoms with Crippen molar-refractivity contribution in [3.63, 3.8) is 0 Å². The van der Waals surface area contributed by atoms with Crippen LogP contribution in [0.15, 0.2) is 0 Å². The largest absolute Gasteiger partial charge is 0.480 e. The summed E-state index contributed by atoms with van der Waals surface area (Å²) < 4.78 is 0. The van der Waals surface area contributed by atoms with Crippen LogP contribution < -0.4 is 5.32 Å². The lowest BCUT2D eigenvalue weighted by Crippen LogP contribution is -2.52. The predicted octanol–water partition coefficient (Wildman–Crippen LogP) is -0.669. The van der Waals surface area contributed by atoms with Crippen molar-refractivity contribution in [1.29, 1.82) is 0 Å². The van der Waals surface area contributed by atoms with E-state index in [-0.39, 0.29) is 32.2 Å². The van der Waals surface area contributed by atoms with Gasteiger partial charge in [-0.3, -0.25) is 38.8 Å². The molecule has 13 heteroatoms. The van der Waals surface area contributed by atoms with Crippen molar-refractivity contribution in [2.24, 2.45) is 0 Å². The van der Waals surface area contributed by atoms with E-state index in [2.05, 4.69) is 5.32 Å². The Bertz CT molecular complexity index is 666. The quantitative estimate of drug-likeness (QED) is 0.194. The van der Waals surface area contributed by atoms with Gasteiger partial charge in [0.15, 0.2) is 0 Å². The average Bonchev–Trinajstić information content (AvgIpc) is 2.79. The van der Waals surface area contributed by atoms with Gasteiger partial charge in [0.05, 0.1) is 26.2 Å². The minimum atomic E-state index is -1.02. The van der Waals surface area contributed by atoms with Crippen LogP contribution in [-0.2, 0) is 19.2 Å². The van der Waals surface area contributed by atoms with Crippen molar-refractivity contribution in [3.8, 4) is 0 Å². The van der Waals surface area contributed by atoms with Crippen molar-refractivity contribution in [1.82, 2.24) is 24.9 Å². The highest BCUT2D eigenvalue weighted by molar-refractivity contribution is 5.70. The third kappa shape index (κ3) is 16.4. The average molecular weight is 520 g/mol. The Morgan fingerprint density at radius 1 is 0.667 bits per heavy atom. The molecule has 13 nitrogen and oxygen atoms in total. The number of hydrogen-bond acceptors (Lipinski definition) is 9. The van der Waals surface area contributed by atoms with Gasteiger partial charge in [0.25, 0.3) is 0 Å². The molecule has 5 N–H and O–H groups in total. The van der Waals surface area contributed by atoms with Crippen LogP contribution in [0.5, 0.6) is 0 Å². The van der Waals surface area contributed by atoms with E-state index in [9.17, 15) is 39.6 Å². The van der Waals surface area contributed by atoms with Crippen molar-refractivity contribution in [2.45, 2.75) is 39.2 Å². The van der Waals surface area contributed by atoms with Crippen molar-refractivity contribution >= 4 is 23.9 Å². The molecule has 0 aromatic carbocycles. The van der Waals surface area contributed by atoms with E-state index in [1.165, 1.54) is 0 Å². The maximum absolute atomic E-state index is 11.6. The second-order valence-electron chi connectivity index (χ2n) is 8.59. The molecule has 210 valence electrons. The van der Waals surface area contributed by atoms with Gasteiger partial charge in [-0.25, -0.2) is 0 Å². The van der Waals surface area contributed by atoms with Gasteiger partial charge in [-0.1, -0.05) is 20.3 Å². The zero-order valence-electron chi connectivity index (χ0n) is 21.9. The van der Waals surface area contributed by atoms with Crippen LogP contribution in [0, 0.1) is 0 Å².